The fourth-order valence-corrected chi connectivity index (χ4v) is 3.21. The van der Waals surface area contributed by atoms with Crippen LogP contribution < -0.4 is 5.32 Å². The van der Waals surface area contributed by atoms with E-state index in [2.05, 4.69) is 20.5 Å². The average molecular weight is 388 g/mol. The lowest BCUT2D eigenvalue weighted by Crippen LogP contribution is -2.13. The number of ketones is 1. The van der Waals surface area contributed by atoms with Crippen LogP contribution in [0.5, 0.6) is 0 Å². The van der Waals surface area contributed by atoms with E-state index in [-0.39, 0.29) is 17.4 Å². The van der Waals surface area contributed by atoms with Crippen LogP contribution in [-0.4, -0.2) is 36.1 Å². The molecule has 0 spiro atoms. The maximum absolute atomic E-state index is 12.7. The van der Waals surface area contributed by atoms with Gasteiger partial charge < -0.3 is 5.32 Å². The Hall–Kier alpha value is -3.81. The molecule has 4 aromatic rings. The monoisotopic (exact) mass is 388 g/mol. The van der Waals surface area contributed by atoms with Crippen LogP contribution in [0.3, 0.4) is 0 Å². The summed E-state index contributed by atoms with van der Waals surface area (Å²) in [5, 5.41) is 11.6. The van der Waals surface area contributed by atoms with Crippen LogP contribution in [0.1, 0.15) is 40.4 Å². The molecule has 4 rings (SSSR count). The number of benzene rings is 1. The standard InChI is InChI=1S/C21H20N6O2/c1-4-26-13(2)17(12-23-26)19-9-10-22-20-11-18(25-27(19)20)21(29)24-16-7-5-15(6-8-16)14(3)28/h5-12H,4H2,1-3H3,(H,24,29). The molecule has 29 heavy (non-hydrogen) atoms. The number of carbonyl (C=O) groups is 2. The van der Waals surface area contributed by atoms with E-state index in [1.165, 1.54) is 6.92 Å². The van der Waals surface area contributed by atoms with E-state index in [0.717, 1.165) is 23.5 Å². The molecule has 8 heteroatoms. The zero-order valence-corrected chi connectivity index (χ0v) is 16.4. The van der Waals surface area contributed by atoms with Gasteiger partial charge >= 0.3 is 0 Å². The molecule has 0 unspecified atom stereocenters. The highest BCUT2D eigenvalue weighted by Gasteiger charge is 2.17. The predicted molar refractivity (Wildman–Crippen MR) is 109 cm³/mol. The normalized spacial score (nSPS) is 11.0. The smallest absolute Gasteiger partial charge is 0.276 e. The third-order valence-corrected chi connectivity index (χ3v) is 4.82. The van der Waals surface area contributed by atoms with Gasteiger partial charge in [-0.05, 0) is 51.1 Å². The summed E-state index contributed by atoms with van der Waals surface area (Å²) < 4.78 is 3.56. The quantitative estimate of drug-likeness (QED) is 0.529. The number of hydrogen-bond acceptors (Lipinski definition) is 5. The Bertz CT molecular complexity index is 1220. The van der Waals surface area contributed by atoms with E-state index >= 15 is 0 Å². The summed E-state index contributed by atoms with van der Waals surface area (Å²) in [6, 6.07) is 10.2. The molecule has 0 aliphatic heterocycles. The van der Waals surface area contributed by atoms with Crippen LogP contribution >= 0.6 is 0 Å². The van der Waals surface area contributed by atoms with Crippen molar-refractivity contribution in [3.63, 3.8) is 0 Å². The van der Waals surface area contributed by atoms with Crippen molar-refractivity contribution in [1.82, 2.24) is 24.4 Å². The van der Waals surface area contributed by atoms with Gasteiger partial charge in [-0.15, -0.1) is 0 Å². The third-order valence-electron chi connectivity index (χ3n) is 4.82. The fraction of sp³-hybridized carbons (Fsp3) is 0.190. The van der Waals surface area contributed by atoms with Crippen molar-refractivity contribution in [2.75, 3.05) is 5.32 Å². The minimum Gasteiger partial charge on any atom is -0.321 e. The van der Waals surface area contributed by atoms with Gasteiger partial charge in [-0.3, -0.25) is 14.3 Å². The molecule has 1 amide bonds. The molecule has 146 valence electrons. The molecule has 0 bridgehead atoms. The van der Waals surface area contributed by atoms with E-state index in [9.17, 15) is 9.59 Å². The lowest BCUT2D eigenvalue weighted by atomic mass is 10.1. The van der Waals surface area contributed by atoms with Crippen molar-refractivity contribution >= 4 is 23.0 Å². The minimum absolute atomic E-state index is 0.0245. The number of carbonyl (C=O) groups excluding carboxylic acids is 2. The van der Waals surface area contributed by atoms with Gasteiger partial charge in [0.15, 0.2) is 17.1 Å². The van der Waals surface area contributed by atoms with Gasteiger partial charge in [0.2, 0.25) is 0 Å². The first-order chi connectivity index (χ1) is 14.0. The van der Waals surface area contributed by atoms with Gasteiger partial charge in [0.05, 0.1) is 11.9 Å². The molecular weight excluding hydrogens is 368 g/mol. The molecular formula is C21H20N6O2. The maximum atomic E-state index is 12.7. The van der Waals surface area contributed by atoms with E-state index in [1.54, 1.807) is 47.2 Å². The zero-order valence-electron chi connectivity index (χ0n) is 16.4. The molecule has 3 aromatic heterocycles. The predicted octanol–water partition coefficient (Wildman–Crippen LogP) is 3.38. The van der Waals surface area contributed by atoms with Gasteiger partial charge in [-0.2, -0.15) is 10.2 Å². The molecule has 0 radical (unpaired) electrons. The number of amides is 1. The van der Waals surface area contributed by atoms with Crippen molar-refractivity contribution in [3.05, 3.63) is 65.7 Å². The minimum atomic E-state index is -0.349. The van der Waals surface area contributed by atoms with E-state index in [1.807, 2.05) is 24.6 Å². The molecule has 0 atom stereocenters. The van der Waals surface area contributed by atoms with E-state index in [0.29, 0.717) is 16.9 Å². The summed E-state index contributed by atoms with van der Waals surface area (Å²) in [6.07, 6.45) is 3.49. The number of hydrogen-bond donors (Lipinski definition) is 1. The Labute approximate surface area is 167 Å². The summed E-state index contributed by atoms with van der Waals surface area (Å²) in [6.45, 7) is 6.31. The molecule has 0 saturated heterocycles. The molecule has 0 aliphatic carbocycles. The molecule has 0 saturated carbocycles. The number of nitrogens with zero attached hydrogens (tertiary/aromatic N) is 5. The lowest BCUT2D eigenvalue weighted by molar-refractivity contribution is 0.101. The van der Waals surface area contributed by atoms with Crippen LogP contribution in [0.4, 0.5) is 5.69 Å². The second kappa shape index (κ2) is 7.31. The first-order valence-corrected chi connectivity index (χ1v) is 9.28. The highest BCUT2D eigenvalue weighted by Crippen LogP contribution is 2.23. The second-order valence-electron chi connectivity index (χ2n) is 6.68. The number of rotatable bonds is 5. The summed E-state index contributed by atoms with van der Waals surface area (Å²) in [5.74, 6) is -0.374. The first-order valence-electron chi connectivity index (χ1n) is 9.28. The molecule has 0 aliphatic rings. The van der Waals surface area contributed by atoms with Crippen molar-refractivity contribution in [3.8, 4) is 11.3 Å². The number of Topliss-reactive ketones (excluding diaryl/α,β-unsaturated/α-hetero) is 1. The molecule has 1 N–H and O–H groups in total. The third kappa shape index (κ3) is 3.40. The van der Waals surface area contributed by atoms with Crippen molar-refractivity contribution in [2.45, 2.75) is 27.3 Å². The Morgan fingerprint density at radius 2 is 1.90 bits per heavy atom. The van der Waals surface area contributed by atoms with Gasteiger partial charge in [-0.25, -0.2) is 9.50 Å². The van der Waals surface area contributed by atoms with Gasteiger partial charge in [0.1, 0.15) is 0 Å². The summed E-state index contributed by atoms with van der Waals surface area (Å²) in [5.41, 5.74) is 4.78. The van der Waals surface area contributed by atoms with Crippen molar-refractivity contribution < 1.29 is 9.59 Å². The number of aromatic nitrogens is 5. The Morgan fingerprint density at radius 3 is 2.55 bits per heavy atom. The summed E-state index contributed by atoms with van der Waals surface area (Å²) >= 11 is 0. The Morgan fingerprint density at radius 1 is 1.14 bits per heavy atom. The zero-order chi connectivity index (χ0) is 20.5. The van der Waals surface area contributed by atoms with Crippen LogP contribution in [-0.2, 0) is 6.54 Å². The van der Waals surface area contributed by atoms with Gasteiger partial charge in [0, 0.05) is 41.3 Å². The summed E-state index contributed by atoms with van der Waals surface area (Å²) in [7, 11) is 0. The average Bonchev–Trinajstić information content (AvgIpc) is 3.31. The fourth-order valence-electron chi connectivity index (χ4n) is 3.21. The highest BCUT2D eigenvalue weighted by molar-refractivity contribution is 6.04. The van der Waals surface area contributed by atoms with Gasteiger partial charge in [-0.1, -0.05) is 0 Å². The lowest BCUT2D eigenvalue weighted by Gasteiger charge is -2.05. The molecule has 0 fully saturated rings. The Kier molecular flexibility index (Phi) is 4.67. The largest absolute Gasteiger partial charge is 0.321 e. The molecule has 3 heterocycles. The van der Waals surface area contributed by atoms with E-state index < -0.39 is 0 Å². The SMILES string of the molecule is CCn1ncc(-c2ccnc3cc(C(=O)Nc4ccc(C(C)=O)cc4)nn23)c1C. The summed E-state index contributed by atoms with van der Waals surface area (Å²) in [4.78, 5) is 28.4. The Balaban J connectivity index is 1.66. The van der Waals surface area contributed by atoms with Crippen molar-refractivity contribution in [1.29, 1.82) is 0 Å². The van der Waals surface area contributed by atoms with Crippen LogP contribution in [0.25, 0.3) is 16.9 Å². The van der Waals surface area contributed by atoms with Crippen LogP contribution in [0.2, 0.25) is 0 Å². The van der Waals surface area contributed by atoms with Crippen molar-refractivity contribution in [2.24, 2.45) is 0 Å². The highest BCUT2D eigenvalue weighted by atomic mass is 16.2. The molecule has 8 nitrogen and oxygen atoms in total. The number of anilines is 1. The number of nitrogens with one attached hydrogen (secondary N) is 1. The number of aryl methyl sites for hydroxylation is 1. The topological polar surface area (TPSA) is 94.2 Å². The van der Waals surface area contributed by atoms with Gasteiger partial charge in [0.25, 0.3) is 5.91 Å². The van der Waals surface area contributed by atoms with Crippen LogP contribution in [0.15, 0.2) is 48.8 Å². The number of fused-ring (bicyclic) bond motifs is 1. The second-order valence-corrected chi connectivity index (χ2v) is 6.68. The van der Waals surface area contributed by atoms with Crippen LogP contribution in [0, 0.1) is 6.92 Å². The maximum Gasteiger partial charge on any atom is 0.276 e. The van der Waals surface area contributed by atoms with E-state index in [4.69, 9.17) is 0 Å². The first kappa shape index (κ1) is 18.5. The molecule has 1 aromatic carbocycles.